The van der Waals surface area contributed by atoms with Gasteiger partial charge in [-0.1, -0.05) is 55.0 Å². The fourth-order valence-corrected chi connectivity index (χ4v) is 4.45. The summed E-state index contributed by atoms with van der Waals surface area (Å²) in [5.74, 6) is -1.51. The largest absolute Gasteiger partial charge is 0.444 e. The molecular weight excluding hydrogens is 508 g/mol. The first-order valence-electron chi connectivity index (χ1n) is 13.7. The van der Waals surface area contributed by atoms with Gasteiger partial charge in [0.15, 0.2) is 0 Å². The zero-order valence-corrected chi connectivity index (χ0v) is 25.0. The molecule has 0 heterocycles. The summed E-state index contributed by atoms with van der Waals surface area (Å²) in [7, 11) is 0. The molecule has 40 heavy (non-hydrogen) atoms. The van der Waals surface area contributed by atoms with Crippen molar-refractivity contribution < 1.29 is 23.9 Å². The molecular formula is C31H44N4O5. The van der Waals surface area contributed by atoms with Crippen LogP contribution in [0.1, 0.15) is 82.2 Å². The number of carbonyl (C=O) groups excluding carboxylic acids is 4. The number of anilines is 1. The van der Waals surface area contributed by atoms with Crippen LogP contribution in [-0.4, -0.2) is 46.4 Å². The Morgan fingerprint density at radius 3 is 2.12 bits per heavy atom. The molecule has 0 radical (unpaired) electrons. The van der Waals surface area contributed by atoms with Crippen molar-refractivity contribution in [3.8, 4) is 0 Å². The van der Waals surface area contributed by atoms with Crippen LogP contribution < -0.4 is 16.4 Å². The highest BCUT2D eigenvalue weighted by Crippen LogP contribution is 2.30. The molecule has 3 unspecified atom stereocenters. The average molecular weight is 553 g/mol. The number of alkyl carbamates (subject to hydrolysis) is 1. The molecule has 0 aliphatic heterocycles. The summed E-state index contributed by atoms with van der Waals surface area (Å²) in [5, 5.41) is 5.67. The molecule has 3 atom stereocenters. The van der Waals surface area contributed by atoms with E-state index in [1.165, 1.54) is 4.90 Å². The van der Waals surface area contributed by atoms with Gasteiger partial charge in [-0.3, -0.25) is 14.4 Å². The van der Waals surface area contributed by atoms with Gasteiger partial charge >= 0.3 is 6.09 Å². The van der Waals surface area contributed by atoms with E-state index in [9.17, 15) is 19.2 Å². The summed E-state index contributed by atoms with van der Waals surface area (Å²) in [6, 6.07) is 10.6. The van der Waals surface area contributed by atoms with E-state index in [-0.39, 0.29) is 18.7 Å². The number of nitrogens with zero attached hydrogens (tertiary/aromatic N) is 1. The first-order chi connectivity index (χ1) is 18.6. The molecule has 2 aromatic rings. The average Bonchev–Trinajstić information content (AvgIpc) is 2.85. The summed E-state index contributed by atoms with van der Waals surface area (Å²) >= 11 is 0. The third kappa shape index (κ3) is 9.10. The first-order valence-corrected chi connectivity index (χ1v) is 13.7. The van der Waals surface area contributed by atoms with Crippen LogP contribution in [0.5, 0.6) is 0 Å². The number of rotatable bonds is 11. The molecule has 0 aromatic heterocycles. The molecule has 0 aliphatic carbocycles. The lowest BCUT2D eigenvalue weighted by Crippen LogP contribution is -2.55. The van der Waals surface area contributed by atoms with E-state index >= 15 is 0 Å². The van der Waals surface area contributed by atoms with Crippen LogP contribution in [0.3, 0.4) is 0 Å². The Kier molecular flexibility index (Phi) is 11.3. The maximum absolute atomic E-state index is 14.3. The molecule has 0 spiro atoms. The Labute approximate surface area is 237 Å². The summed E-state index contributed by atoms with van der Waals surface area (Å²) < 4.78 is 5.39. The monoisotopic (exact) mass is 552 g/mol. The summed E-state index contributed by atoms with van der Waals surface area (Å²) in [6.07, 6.45) is -0.435. The molecule has 4 amide bonds. The lowest BCUT2D eigenvalue weighted by Gasteiger charge is -2.38. The molecule has 0 saturated heterocycles. The second-order valence-electron chi connectivity index (χ2n) is 11.3. The van der Waals surface area contributed by atoms with Crippen LogP contribution in [0.25, 0.3) is 0 Å². The van der Waals surface area contributed by atoms with Gasteiger partial charge < -0.3 is 26.0 Å². The number of hydrogen-bond donors (Lipinski definition) is 3. The molecule has 218 valence electrons. The number of primary amides is 1. The molecule has 9 nitrogen and oxygen atoms in total. The van der Waals surface area contributed by atoms with Crippen LogP contribution in [0.2, 0.25) is 0 Å². The van der Waals surface area contributed by atoms with Crippen LogP contribution >= 0.6 is 0 Å². The smallest absolute Gasteiger partial charge is 0.408 e. The summed E-state index contributed by atoms with van der Waals surface area (Å²) in [6.45, 7) is 14.6. The van der Waals surface area contributed by atoms with Crippen molar-refractivity contribution in [2.45, 2.75) is 98.4 Å². The standard InChI is InChI=1S/C31H44N4O5/c1-9-22(5)35(29(38)24(16-17-25(32)36)33-30(39)40-31(6,7)8)27(23-15-10-12-19(2)18-23)28(37)34-26-20(3)13-11-14-21(26)4/h10-15,18,22,24,27H,9,16-17H2,1-8H3,(H2,32,36)(H,33,39)(H,34,37). The van der Waals surface area contributed by atoms with Gasteiger partial charge in [0.25, 0.3) is 5.91 Å². The summed E-state index contributed by atoms with van der Waals surface area (Å²) in [5.41, 5.74) is 8.61. The summed E-state index contributed by atoms with van der Waals surface area (Å²) in [4.78, 5) is 54.2. The molecule has 0 fully saturated rings. The van der Waals surface area contributed by atoms with E-state index in [1.54, 1.807) is 20.8 Å². The number of benzene rings is 2. The van der Waals surface area contributed by atoms with Crippen LogP contribution in [0, 0.1) is 20.8 Å². The number of aryl methyl sites for hydroxylation is 3. The van der Waals surface area contributed by atoms with Gasteiger partial charge in [-0.25, -0.2) is 4.79 Å². The lowest BCUT2D eigenvalue weighted by molar-refractivity contribution is -0.143. The van der Waals surface area contributed by atoms with Crippen molar-refractivity contribution in [2.75, 3.05) is 5.32 Å². The predicted octanol–water partition coefficient (Wildman–Crippen LogP) is 5.08. The highest BCUT2D eigenvalue weighted by molar-refractivity contribution is 6.00. The van der Waals surface area contributed by atoms with E-state index in [0.717, 1.165) is 16.7 Å². The number of amides is 4. The van der Waals surface area contributed by atoms with Crippen LogP contribution in [0.4, 0.5) is 10.5 Å². The van der Waals surface area contributed by atoms with E-state index in [0.29, 0.717) is 17.7 Å². The van der Waals surface area contributed by atoms with Crippen molar-refractivity contribution >= 4 is 29.5 Å². The normalized spacial score (nSPS) is 13.5. The maximum Gasteiger partial charge on any atom is 0.408 e. The molecule has 0 saturated carbocycles. The second-order valence-corrected chi connectivity index (χ2v) is 11.3. The fourth-order valence-electron chi connectivity index (χ4n) is 4.45. The quantitative estimate of drug-likeness (QED) is 0.358. The van der Waals surface area contributed by atoms with E-state index in [4.69, 9.17) is 10.5 Å². The molecule has 9 heteroatoms. The highest BCUT2D eigenvalue weighted by Gasteiger charge is 2.39. The van der Waals surface area contributed by atoms with Crippen LogP contribution in [-0.2, 0) is 19.1 Å². The Bertz CT molecular complexity index is 1200. The minimum absolute atomic E-state index is 0.0423. The third-order valence-electron chi connectivity index (χ3n) is 6.60. The van der Waals surface area contributed by atoms with Gasteiger partial charge in [-0.2, -0.15) is 0 Å². The number of hydrogen-bond acceptors (Lipinski definition) is 5. The van der Waals surface area contributed by atoms with Crippen molar-refractivity contribution in [1.82, 2.24) is 10.2 Å². The SMILES string of the molecule is CCC(C)N(C(=O)C(CCC(N)=O)NC(=O)OC(C)(C)C)C(C(=O)Nc1c(C)cccc1C)c1cccc(C)c1. The third-order valence-corrected chi connectivity index (χ3v) is 6.60. The minimum Gasteiger partial charge on any atom is -0.444 e. The highest BCUT2D eigenvalue weighted by atomic mass is 16.6. The van der Waals surface area contributed by atoms with Crippen LogP contribution in [0.15, 0.2) is 42.5 Å². The Hall–Kier alpha value is -3.88. The molecule has 2 rings (SSSR count). The van der Waals surface area contributed by atoms with E-state index in [1.807, 2.05) is 77.1 Å². The molecule has 2 aromatic carbocycles. The Balaban J connectivity index is 2.61. The lowest BCUT2D eigenvalue weighted by atomic mass is 9.97. The topological polar surface area (TPSA) is 131 Å². The van der Waals surface area contributed by atoms with Gasteiger partial charge in [-0.05, 0) is 78.0 Å². The van der Waals surface area contributed by atoms with Gasteiger partial charge in [0.2, 0.25) is 11.8 Å². The second kappa shape index (κ2) is 14.0. The molecule has 0 aliphatic rings. The number of para-hydroxylation sites is 1. The first kappa shape index (κ1) is 32.3. The van der Waals surface area contributed by atoms with Gasteiger partial charge in [-0.15, -0.1) is 0 Å². The van der Waals surface area contributed by atoms with Gasteiger partial charge in [0.1, 0.15) is 17.7 Å². The fraction of sp³-hybridized carbons (Fsp3) is 0.484. The number of ether oxygens (including phenoxy) is 1. The zero-order valence-electron chi connectivity index (χ0n) is 25.0. The Morgan fingerprint density at radius 1 is 1.00 bits per heavy atom. The molecule has 4 N–H and O–H groups in total. The van der Waals surface area contributed by atoms with Gasteiger partial charge in [0.05, 0.1) is 0 Å². The van der Waals surface area contributed by atoms with Crippen molar-refractivity contribution in [3.05, 3.63) is 64.7 Å². The predicted molar refractivity (Wildman–Crippen MR) is 157 cm³/mol. The number of carbonyl (C=O) groups is 4. The zero-order chi connectivity index (χ0) is 30.2. The van der Waals surface area contributed by atoms with E-state index in [2.05, 4.69) is 10.6 Å². The maximum atomic E-state index is 14.3. The van der Waals surface area contributed by atoms with Crippen molar-refractivity contribution in [2.24, 2.45) is 5.73 Å². The van der Waals surface area contributed by atoms with E-state index < -0.39 is 41.6 Å². The number of nitrogens with one attached hydrogen (secondary N) is 2. The van der Waals surface area contributed by atoms with Gasteiger partial charge in [0, 0.05) is 18.2 Å². The minimum atomic E-state index is -1.14. The Morgan fingerprint density at radius 2 is 1.60 bits per heavy atom. The molecule has 0 bridgehead atoms. The van der Waals surface area contributed by atoms with Crippen molar-refractivity contribution in [3.63, 3.8) is 0 Å². The number of nitrogens with two attached hydrogens (primary N) is 1. The van der Waals surface area contributed by atoms with Crippen molar-refractivity contribution in [1.29, 1.82) is 0 Å².